The Labute approximate surface area is 183 Å². The van der Waals surface area contributed by atoms with Gasteiger partial charge in [-0.25, -0.2) is 0 Å². The third kappa shape index (κ3) is 5.07. The van der Waals surface area contributed by atoms with Gasteiger partial charge in [0.2, 0.25) is 0 Å². The maximum atomic E-state index is 10.9. The van der Waals surface area contributed by atoms with Gasteiger partial charge in [-0.1, -0.05) is 66.7 Å². The van der Waals surface area contributed by atoms with E-state index >= 15 is 0 Å². The first-order valence-corrected chi connectivity index (χ1v) is 10.6. The molecule has 0 spiro atoms. The molecular weight excluding hydrogens is 390 g/mol. The average molecular weight is 420 g/mol. The molecule has 1 saturated heterocycles. The highest BCUT2D eigenvalue weighted by molar-refractivity contribution is 5.41. The van der Waals surface area contributed by atoms with Crippen LogP contribution in [0.15, 0.2) is 78.9 Å². The van der Waals surface area contributed by atoms with Crippen molar-refractivity contribution in [2.75, 3.05) is 13.7 Å². The van der Waals surface area contributed by atoms with Crippen LogP contribution >= 0.6 is 0 Å². The Hall–Kier alpha value is -2.86. The Morgan fingerprint density at radius 1 is 1.00 bits per heavy atom. The van der Waals surface area contributed by atoms with Gasteiger partial charge in [-0.3, -0.25) is 0 Å². The fraction of sp³-hybridized carbons (Fsp3) is 0.308. The van der Waals surface area contributed by atoms with E-state index in [0.29, 0.717) is 25.3 Å². The van der Waals surface area contributed by atoms with Crippen LogP contribution in [0.1, 0.15) is 29.0 Å². The van der Waals surface area contributed by atoms with Crippen LogP contribution in [0.5, 0.6) is 11.5 Å². The highest BCUT2D eigenvalue weighted by atomic mass is 16.5. The summed E-state index contributed by atoms with van der Waals surface area (Å²) in [5, 5.41) is 24.0. The van der Waals surface area contributed by atoms with E-state index in [1.54, 1.807) is 12.1 Å². The number of rotatable bonds is 7. The molecule has 4 rings (SSSR count). The molecule has 1 fully saturated rings. The molecule has 31 heavy (non-hydrogen) atoms. The average Bonchev–Trinajstić information content (AvgIpc) is 2.81. The second-order valence-electron chi connectivity index (χ2n) is 7.97. The third-order valence-corrected chi connectivity index (χ3v) is 5.93. The summed E-state index contributed by atoms with van der Waals surface area (Å²) in [4.78, 5) is 0. The van der Waals surface area contributed by atoms with E-state index in [4.69, 9.17) is 9.47 Å². The minimum atomic E-state index is -0.521. The first-order chi connectivity index (χ1) is 15.2. The predicted octanol–water partition coefficient (Wildman–Crippen LogP) is 3.84. The molecule has 0 radical (unpaired) electrons. The van der Waals surface area contributed by atoms with E-state index in [1.807, 2.05) is 42.5 Å². The second-order valence-corrected chi connectivity index (χ2v) is 7.97. The van der Waals surface area contributed by atoms with Gasteiger partial charge >= 0.3 is 0 Å². The Kier molecular flexibility index (Phi) is 6.87. The largest absolute Gasteiger partial charge is 0.504 e. The zero-order valence-electron chi connectivity index (χ0n) is 17.6. The summed E-state index contributed by atoms with van der Waals surface area (Å²) in [6, 6.07) is 25.8. The van der Waals surface area contributed by atoms with Crippen molar-refractivity contribution >= 4 is 0 Å². The van der Waals surface area contributed by atoms with Gasteiger partial charge < -0.3 is 25.0 Å². The molecule has 5 heteroatoms. The summed E-state index contributed by atoms with van der Waals surface area (Å²) < 4.78 is 11.5. The molecule has 0 amide bonds. The smallest absolute Gasteiger partial charge is 0.160 e. The number of benzene rings is 3. The van der Waals surface area contributed by atoms with E-state index < -0.39 is 6.10 Å². The first kappa shape index (κ1) is 21.4. The summed E-state index contributed by atoms with van der Waals surface area (Å²) in [7, 11) is 1.53. The lowest BCUT2D eigenvalue weighted by molar-refractivity contribution is -0.0718. The van der Waals surface area contributed by atoms with Crippen LogP contribution in [0.2, 0.25) is 0 Å². The van der Waals surface area contributed by atoms with Gasteiger partial charge in [0.25, 0.3) is 0 Å². The molecule has 0 aliphatic carbocycles. The van der Waals surface area contributed by atoms with Crippen LogP contribution in [0, 0.1) is 0 Å². The molecule has 1 heterocycles. The van der Waals surface area contributed by atoms with E-state index in [-0.39, 0.29) is 23.8 Å². The highest BCUT2D eigenvalue weighted by Crippen LogP contribution is 2.34. The van der Waals surface area contributed by atoms with Gasteiger partial charge in [0.05, 0.1) is 32.0 Å². The molecular formula is C26H29NO4. The Morgan fingerprint density at radius 3 is 2.23 bits per heavy atom. The fourth-order valence-electron chi connectivity index (χ4n) is 4.26. The number of nitrogens with one attached hydrogen (secondary N) is 1. The third-order valence-electron chi connectivity index (χ3n) is 5.93. The summed E-state index contributed by atoms with van der Waals surface area (Å²) in [5.74, 6) is 0.621. The van der Waals surface area contributed by atoms with Gasteiger partial charge in [-0.05, 0) is 28.8 Å². The number of aliphatic hydroxyl groups excluding tert-OH is 1. The number of phenolic OH excluding ortho intramolecular Hbond substituents is 1. The van der Waals surface area contributed by atoms with Crippen molar-refractivity contribution < 1.29 is 19.7 Å². The van der Waals surface area contributed by atoms with Crippen LogP contribution in [-0.4, -0.2) is 42.2 Å². The predicted molar refractivity (Wildman–Crippen MR) is 120 cm³/mol. The minimum Gasteiger partial charge on any atom is -0.504 e. The zero-order valence-corrected chi connectivity index (χ0v) is 17.6. The molecule has 3 atom stereocenters. The van der Waals surface area contributed by atoms with Gasteiger partial charge in [-0.15, -0.1) is 0 Å². The van der Waals surface area contributed by atoms with Gasteiger partial charge in [-0.2, -0.15) is 0 Å². The summed E-state index contributed by atoms with van der Waals surface area (Å²) in [5.41, 5.74) is 3.34. The first-order valence-electron chi connectivity index (χ1n) is 10.6. The highest BCUT2D eigenvalue weighted by Gasteiger charge is 2.35. The van der Waals surface area contributed by atoms with Crippen LogP contribution in [0.25, 0.3) is 0 Å². The molecule has 3 aromatic rings. The fourth-order valence-corrected chi connectivity index (χ4v) is 4.26. The molecule has 1 aliphatic rings. The number of phenols is 1. The minimum absolute atomic E-state index is 0.0689. The van der Waals surface area contributed by atoms with Crippen molar-refractivity contribution in [2.24, 2.45) is 0 Å². The molecule has 3 aromatic carbocycles. The van der Waals surface area contributed by atoms with Crippen LogP contribution < -0.4 is 10.1 Å². The topological polar surface area (TPSA) is 71.0 Å². The lowest BCUT2D eigenvalue weighted by Crippen LogP contribution is -2.50. The normalized spacial score (nSPS) is 21.2. The Morgan fingerprint density at radius 2 is 1.65 bits per heavy atom. The summed E-state index contributed by atoms with van der Waals surface area (Å²) in [6.45, 7) is 0.977. The van der Waals surface area contributed by atoms with Gasteiger partial charge in [0, 0.05) is 18.9 Å². The maximum Gasteiger partial charge on any atom is 0.160 e. The molecule has 0 aromatic heterocycles. The van der Waals surface area contributed by atoms with Crippen LogP contribution in [-0.2, 0) is 11.3 Å². The van der Waals surface area contributed by atoms with Crippen molar-refractivity contribution in [2.45, 2.75) is 37.1 Å². The number of aliphatic hydroxyl groups is 1. The maximum absolute atomic E-state index is 10.9. The van der Waals surface area contributed by atoms with E-state index in [9.17, 15) is 10.2 Å². The Balaban J connectivity index is 1.44. The van der Waals surface area contributed by atoms with Gasteiger partial charge in [0.15, 0.2) is 11.5 Å². The SMILES string of the molecule is COc1cc(CN[C@@H]2CO[C@H](C(c3ccccc3)c3ccccc3)C[C@H]2O)ccc1O. The number of methoxy groups -OCH3 is 1. The number of hydrogen-bond donors (Lipinski definition) is 3. The Bertz CT molecular complexity index is 924. The van der Waals surface area contributed by atoms with Crippen LogP contribution in [0.4, 0.5) is 0 Å². The van der Waals surface area contributed by atoms with Crippen molar-refractivity contribution in [1.82, 2.24) is 5.32 Å². The van der Waals surface area contributed by atoms with E-state index in [2.05, 4.69) is 29.6 Å². The molecule has 0 unspecified atom stereocenters. The summed E-state index contributed by atoms with van der Waals surface area (Å²) >= 11 is 0. The van der Waals surface area contributed by atoms with E-state index in [0.717, 1.165) is 5.56 Å². The van der Waals surface area contributed by atoms with Crippen molar-refractivity contribution in [3.05, 3.63) is 95.6 Å². The molecule has 162 valence electrons. The quantitative estimate of drug-likeness (QED) is 0.543. The summed E-state index contributed by atoms with van der Waals surface area (Å²) in [6.07, 6.45) is -0.0790. The molecule has 1 aliphatic heterocycles. The number of ether oxygens (including phenoxy) is 2. The standard InChI is InChI=1S/C26H29NO4/c1-30-24-14-18(12-13-22(24)28)16-27-21-17-31-25(15-23(21)29)26(19-8-4-2-5-9-19)20-10-6-3-7-11-20/h2-14,21,23,25-29H,15-17H2,1H3/t21-,23-,25+/m1/s1. The number of aromatic hydroxyl groups is 1. The van der Waals surface area contributed by atoms with Crippen LogP contribution in [0.3, 0.4) is 0 Å². The van der Waals surface area contributed by atoms with E-state index in [1.165, 1.54) is 18.2 Å². The van der Waals surface area contributed by atoms with Crippen molar-refractivity contribution in [3.8, 4) is 11.5 Å². The molecule has 0 bridgehead atoms. The lowest BCUT2D eigenvalue weighted by atomic mass is 9.82. The lowest BCUT2D eigenvalue weighted by Gasteiger charge is -2.38. The second kappa shape index (κ2) is 9.96. The molecule has 3 N–H and O–H groups in total. The molecule has 5 nitrogen and oxygen atoms in total. The van der Waals surface area contributed by atoms with Crippen molar-refractivity contribution in [1.29, 1.82) is 0 Å². The van der Waals surface area contributed by atoms with Crippen molar-refractivity contribution in [3.63, 3.8) is 0 Å². The van der Waals surface area contributed by atoms with Gasteiger partial charge in [0.1, 0.15) is 0 Å². The number of hydrogen-bond acceptors (Lipinski definition) is 5. The molecule has 0 saturated carbocycles. The monoisotopic (exact) mass is 419 g/mol. The zero-order chi connectivity index (χ0) is 21.6.